The number of carbonyl (C=O) groups excluding carboxylic acids is 2. The number of benzene rings is 1. The first-order valence-corrected chi connectivity index (χ1v) is 7.41. The average Bonchev–Trinajstić information content (AvgIpc) is 2.79. The van der Waals surface area contributed by atoms with Gasteiger partial charge in [0.1, 0.15) is 0 Å². The highest BCUT2D eigenvalue weighted by molar-refractivity contribution is 5.89. The standard InChI is InChI=1S/C16H19F3N2O2/c1-10(2)20-15(23)12-7-14(22)21(9-12)8-11-4-3-5-13(6-11)16(17,18)19/h3-6,10,12H,7-9H2,1-2H3,(H,20,23). The van der Waals surface area contributed by atoms with Gasteiger partial charge in [-0.2, -0.15) is 13.2 Å². The van der Waals surface area contributed by atoms with Crippen molar-refractivity contribution in [3.63, 3.8) is 0 Å². The molecule has 1 aliphatic rings. The van der Waals surface area contributed by atoms with E-state index in [1.54, 1.807) is 6.07 Å². The summed E-state index contributed by atoms with van der Waals surface area (Å²) in [5.41, 5.74) is -0.339. The minimum absolute atomic E-state index is 0.0184. The molecule has 1 heterocycles. The quantitative estimate of drug-likeness (QED) is 0.923. The molecular formula is C16H19F3N2O2. The van der Waals surface area contributed by atoms with Crippen molar-refractivity contribution in [3.8, 4) is 0 Å². The van der Waals surface area contributed by atoms with Crippen molar-refractivity contribution in [2.45, 2.75) is 39.0 Å². The fourth-order valence-electron chi connectivity index (χ4n) is 2.57. The van der Waals surface area contributed by atoms with Gasteiger partial charge >= 0.3 is 6.18 Å². The van der Waals surface area contributed by atoms with Crippen molar-refractivity contribution in [2.24, 2.45) is 5.92 Å². The monoisotopic (exact) mass is 328 g/mol. The molecule has 2 amide bonds. The molecule has 7 heteroatoms. The number of alkyl halides is 3. The zero-order valence-corrected chi connectivity index (χ0v) is 13.0. The summed E-state index contributed by atoms with van der Waals surface area (Å²) < 4.78 is 38.1. The lowest BCUT2D eigenvalue weighted by atomic mass is 10.1. The van der Waals surface area contributed by atoms with Crippen LogP contribution in [0.15, 0.2) is 24.3 Å². The predicted molar refractivity (Wildman–Crippen MR) is 78.2 cm³/mol. The van der Waals surface area contributed by atoms with E-state index in [-0.39, 0.29) is 37.4 Å². The van der Waals surface area contributed by atoms with Gasteiger partial charge in [0, 0.05) is 25.6 Å². The Balaban J connectivity index is 2.04. The zero-order valence-electron chi connectivity index (χ0n) is 13.0. The number of rotatable bonds is 4. The number of hydrogen-bond donors (Lipinski definition) is 1. The van der Waals surface area contributed by atoms with Crippen LogP contribution < -0.4 is 5.32 Å². The van der Waals surface area contributed by atoms with E-state index in [4.69, 9.17) is 0 Å². The van der Waals surface area contributed by atoms with Crippen LogP contribution in [0.3, 0.4) is 0 Å². The third-order valence-corrected chi connectivity index (χ3v) is 3.64. The molecule has 0 radical (unpaired) electrons. The van der Waals surface area contributed by atoms with Crippen LogP contribution in [0.5, 0.6) is 0 Å². The second-order valence-corrected chi connectivity index (χ2v) is 6.04. The van der Waals surface area contributed by atoms with E-state index in [1.165, 1.54) is 11.0 Å². The summed E-state index contributed by atoms with van der Waals surface area (Å²) in [5.74, 6) is -0.859. The summed E-state index contributed by atoms with van der Waals surface area (Å²) >= 11 is 0. The molecule has 1 aromatic rings. The number of halogens is 3. The van der Waals surface area contributed by atoms with E-state index in [0.717, 1.165) is 12.1 Å². The molecule has 1 fully saturated rings. The number of carbonyl (C=O) groups is 2. The average molecular weight is 328 g/mol. The zero-order chi connectivity index (χ0) is 17.2. The van der Waals surface area contributed by atoms with Crippen LogP contribution in [0.4, 0.5) is 13.2 Å². The maximum atomic E-state index is 12.7. The summed E-state index contributed by atoms with van der Waals surface area (Å²) in [6, 6.07) is 4.88. The molecule has 23 heavy (non-hydrogen) atoms. The molecular weight excluding hydrogens is 309 g/mol. The molecule has 1 aromatic carbocycles. The SMILES string of the molecule is CC(C)NC(=O)C1CC(=O)N(Cc2cccc(C(F)(F)F)c2)C1. The summed E-state index contributed by atoms with van der Waals surface area (Å²) in [5, 5.41) is 2.75. The first-order valence-electron chi connectivity index (χ1n) is 7.41. The van der Waals surface area contributed by atoms with Gasteiger partial charge in [-0.1, -0.05) is 12.1 Å². The van der Waals surface area contributed by atoms with E-state index >= 15 is 0 Å². The molecule has 0 bridgehead atoms. The highest BCUT2D eigenvalue weighted by Crippen LogP contribution is 2.30. The Morgan fingerprint density at radius 2 is 2.09 bits per heavy atom. The third-order valence-electron chi connectivity index (χ3n) is 3.64. The van der Waals surface area contributed by atoms with Crippen LogP contribution in [0.1, 0.15) is 31.4 Å². The number of likely N-dealkylation sites (tertiary alicyclic amines) is 1. The Morgan fingerprint density at radius 1 is 1.39 bits per heavy atom. The van der Waals surface area contributed by atoms with Crippen molar-refractivity contribution in [1.82, 2.24) is 10.2 Å². The van der Waals surface area contributed by atoms with Gasteiger partial charge in [0.25, 0.3) is 0 Å². The van der Waals surface area contributed by atoms with Gasteiger partial charge in [-0.3, -0.25) is 9.59 Å². The Morgan fingerprint density at radius 3 is 2.70 bits per heavy atom. The van der Waals surface area contributed by atoms with Gasteiger partial charge < -0.3 is 10.2 Å². The molecule has 0 aliphatic carbocycles. The Hall–Kier alpha value is -2.05. The summed E-state index contributed by atoms with van der Waals surface area (Å²) in [7, 11) is 0. The lowest BCUT2D eigenvalue weighted by Gasteiger charge is -2.18. The van der Waals surface area contributed by atoms with Crippen LogP contribution in [0, 0.1) is 5.92 Å². The first kappa shape index (κ1) is 17.3. The molecule has 4 nitrogen and oxygen atoms in total. The van der Waals surface area contributed by atoms with Gasteiger partial charge in [0.2, 0.25) is 11.8 Å². The van der Waals surface area contributed by atoms with E-state index in [1.807, 2.05) is 13.8 Å². The van der Waals surface area contributed by atoms with Crippen LogP contribution in [-0.4, -0.2) is 29.3 Å². The fraction of sp³-hybridized carbons (Fsp3) is 0.500. The normalized spacial score (nSPS) is 18.6. The minimum Gasteiger partial charge on any atom is -0.354 e. The molecule has 1 saturated heterocycles. The molecule has 0 saturated carbocycles. The van der Waals surface area contributed by atoms with Crippen molar-refractivity contribution in [1.29, 1.82) is 0 Å². The molecule has 0 aromatic heterocycles. The van der Waals surface area contributed by atoms with Gasteiger partial charge in [0.05, 0.1) is 11.5 Å². The highest BCUT2D eigenvalue weighted by Gasteiger charge is 2.35. The molecule has 2 rings (SSSR count). The fourth-order valence-corrected chi connectivity index (χ4v) is 2.57. The maximum Gasteiger partial charge on any atom is 0.416 e. The van der Waals surface area contributed by atoms with Gasteiger partial charge in [-0.25, -0.2) is 0 Å². The Bertz CT molecular complexity index is 599. The highest BCUT2D eigenvalue weighted by atomic mass is 19.4. The topological polar surface area (TPSA) is 49.4 Å². The van der Waals surface area contributed by atoms with Crippen molar-refractivity contribution >= 4 is 11.8 Å². The summed E-state index contributed by atoms with van der Waals surface area (Å²) in [6.45, 7) is 3.96. The van der Waals surface area contributed by atoms with E-state index in [0.29, 0.717) is 5.56 Å². The predicted octanol–water partition coefficient (Wildman–Crippen LogP) is 2.58. The van der Waals surface area contributed by atoms with Gasteiger partial charge in [-0.15, -0.1) is 0 Å². The third kappa shape index (κ3) is 4.46. The Labute approximate surface area is 132 Å². The molecule has 1 unspecified atom stereocenters. The lowest BCUT2D eigenvalue weighted by molar-refractivity contribution is -0.137. The number of nitrogens with zero attached hydrogens (tertiary/aromatic N) is 1. The summed E-state index contributed by atoms with van der Waals surface area (Å²) in [4.78, 5) is 25.4. The van der Waals surface area contributed by atoms with Gasteiger partial charge in [0.15, 0.2) is 0 Å². The molecule has 1 aliphatic heterocycles. The second kappa shape index (κ2) is 6.60. The lowest BCUT2D eigenvalue weighted by Crippen LogP contribution is -2.36. The van der Waals surface area contributed by atoms with E-state index < -0.39 is 17.7 Å². The van der Waals surface area contributed by atoms with E-state index in [9.17, 15) is 22.8 Å². The van der Waals surface area contributed by atoms with Crippen LogP contribution >= 0.6 is 0 Å². The van der Waals surface area contributed by atoms with Crippen molar-refractivity contribution < 1.29 is 22.8 Å². The second-order valence-electron chi connectivity index (χ2n) is 6.04. The number of amides is 2. The van der Waals surface area contributed by atoms with Crippen molar-refractivity contribution in [2.75, 3.05) is 6.54 Å². The molecule has 126 valence electrons. The molecule has 1 atom stereocenters. The van der Waals surface area contributed by atoms with Crippen LogP contribution in [0.2, 0.25) is 0 Å². The first-order chi connectivity index (χ1) is 10.7. The Kier molecular flexibility index (Phi) is 4.97. The van der Waals surface area contributed by atoms with Gasteiger partial charge in [-0.05, 0) is 31.5 Å². The number of nitrogens with one attached hydrogen (secondary N) is 1. The molecule has 1 N–H and O–H groups in total. The summed E-state index contributed by atoms with van der Waals surface area (Å²) in [6.07, 6.45) is -4.32. The van der Waals surface area contributed by atoms with Crippen LogP contribution in [0.25, 0.3) is 0 Å². The smallest absolute Gasteiger partial charge is 0.354 e. The molecule has 0 spiro atoms. The van der Waals surface area contributed by atoms with Crippen molar-refractivity contribution in [3.05, 3.63) is 35.4 Å². The van der Waals surface area contributed by atoms with Crippen LogP contribution in [-0.2, 0) is 22.3 Å². The minimum atomic E-state index is -4.41. The number of hydrogen-bond acceptors (Lipinski definition) is 2. The maximum absolute atomic E-state index is 12.7. The van der Waals surface area contributed by atoms with E-state index in [2.05, 4.69) is 5.32 Å². The largest absolute Gasteiger partial charge is 0.416 e.